The lowest BCUT2D eigenvalue weighted by Gasteiger charge is -2.23. The third-order valence-electron chi connectivity index (χ3n) is 4.84. The average Bonchev–Trinajstić information content (AvgIpc) is 3.09. The van der Waals surface area contributed by atoms with Crippen LogP contribution in [-0.2, 0) is 12.0 Å². The van der Waals surface area contributed by atoms with Gasteiger partial charge in [-0.2, -0.15) is 0 Å². The Balaban J connectivity index is 1.98. The number of aromatic nitrogens is 1. The molecule has 0 atom stereocenters. The molecular weight excluding hydrogens is 378 g/mol. The molecule has 3 rings (SSSR count). The van der Waals surface area contributed by atoms with Gasteiger partial charge in [0.1, 0.15) is 0 Å². The van der Waals surface area contributed by atoms with E-state index in [0.29, 0.717) is 6.54 Å². The Hall–Kier alpha value is -2.66. The Labute approximate surface area is 176 Å². The summed E-state index contributed by atoms with van der Waals surface area (Å²) in [5.74, 6) is 0.174. The van der Waals surface area contributed by atoms with Gasteiger partial charge < -0.3 is 5.11 Å². The minimum absolute atomic E-state index is 0.0175. The molecule has 0 fully saturated rings. The molecule has 0 saturated carbocycles. The van der Waals surface area contributed by atoms with Crippen molar-refractivity contribution in [3.63, 3.8) is 0 Å². The lowest BCUT2D eigenvalue weighted by molar-refractivity contribution is -0.484. The number of nitrogens with zero attached hydrogens (tertiary/aromatic N) is 2. The number of benzene rings is 2. The summed E-state index contributed by atoms with van der Waals surface area (Å²) in [7, 11) is 0. The van der Waals surface area contributed by atoms with Crippen molar-refractivity contribution in [1.82, 2.24) is 4.57 Å². The first-order valence-corrected chi connectivity index (χ1v) is 10.8. The van der Waals surface area contributed by atoms with Gasteiger partial charge in [0, 0.05) is 22.1 Å². The second-order valence-electron chi connectivity index (χ2n) is 8.33. The predicted molar refractivity (Wildman–Crippen MR) is 121 cm³/mol. The fraction of sp³-hybridized carbons (Fsp3) is 0.333. The van der Waals surface area contributed by atoms with Crippen molar-refractivity contribution >= 4 is 17.2 Å². The molecule has 0 bridgehead atoms. The minimum Gasteiger partial charge on any atom is -0.462 e. The van der Waals surface area contributed by atoms with Crippen LogP contribution in [0.2, 0.25) is 0 Å². The first-order valence-electron chi connectivity index (χ1n) is 9.88. The maximum Gasteiger partial charge on any atom is 0.354 e. The number of hydrogen-bond donors (Lipinski definition) is 2. The summed E-state index contributed by atoms with van der Waals surface area (Å²) in [6.07, 6.45) is 0. The number of aliphatic hydroxyl groups is 1. The smallest absolute Gasteiger partial charge is 0.354 e. The number of aliphatic hydroxyl groups excluding tert-OH is 1. The number of para-hydroxylation sites is 1. The average molecular weight is 409 g/mol. The molecule has 5 heteroatoms. The van der Waals surface area contributed by atoms with E-state index in [1.807, 2.05) is 30.3 Å². The number of hydrogen-bond acceptors (Lipinski definition) is 2. The van der Waals surface area contributed by atoms with Crippen molar-refractivity contribution in [3.05, 3.63) is 81.1 Å². The minimum atomic E-state index is -0.0175. The largest absolute Gasteiger partial charge is 0.462 e. The van der Waals surface area contributed by atoms with Crippen LogP contribution >= 0.6 is 11.3 Å². The zero-order chi connectivity index (χ0) is 21.0. The molecule has 152 valence electrons. The fourth-order valence-electron chi connectivity index (χ4n) is 3.31. The van der Waals surface area contributed by atoms with Gasteiger partial charge in [-0.05, 0) is 25.0 Å². The molecule has 2 aromatic carbocycles. The lowest BCUT2D eigenvalue weighted by atomic mass is 9.92. The molecule has 1 aromatic heterocycles. The molecule has 0 saturated heterocycles. The third-order valence-corrected chi connectivity index (χ3v) is 5.71. The molecule has 0 aliphatic carbocycles. The summed E-state index contributed by atoms with van der Waals surface area (Å²) < 4.78 is 2.25. The zero-order valence-corrected chi connectivity index (χ0v) is 18.7. The van der Waals surface area contributed by atoms with Crippen molar-refractivity contribution in [2.45, 2.75) is 46.6 Å². The fourth-order valence-corrected chi connectivity index (χ4v) is 4.42. The van der Waals surface area contributed by atoms with Gasteiger partial charge in [0.25, 0.3) is 0 Å². The van der Waals surface area contributed by atoms with Crippen LogP contribution in [0.5, 0.6) is 0 Å². The monoisotopic (exact) mass is 408 g/mol. The molecular formula is C24H30N3OS+. The summed E-state index contributed by atoms with van der Waals surface area (Å²) >= 11 is 1.62. The standard InChI is InChI=1S/C24H29N3OS/c1-17-10-9-11-18(2)22(17)27-20(24(3,4)5)16-29-23(27)26-15-21(28)25-14-19-12-7-6-8-13-19/h6-13,16H,14-15H2,1-5H3,(H,25,28)/p+1. The summed E-state index contributed by atoms with van der Waals surface area (Å²) in [6.45, 7) is 11.7. The molecule has 0 aliphatic rings. The van der Waals surface area contributed by atoms with E-state index >= 15 is 0 Å². The van der Waals surface area contributed by atoms with E-state index in [2.05, 4.69) is 67.8 Å². The maximum atomic E-state index is 10.3. The Bertz CT molecular complexity index is 1050. The molecule has 29 heavy (non-hydrogen) atoms. The molecule has 4 nitrogen and oxygen atoms in total. The van der Waals surface area contributed by atoms with Crippen LogP contribution in [0.4, 0.5) is 0 Å². The molecule has 0 unspecified atom stereocenters. The maximum absolute atomic E-state index is 10.3. The molecule has 0 aliphatic heterocycles. The van der Waals surface area contributed by atoms with Gasteiger partial charge in [-0.1, -0.05) is 69.3 Å². The number of nitrogens with one attached hydrogen (secondary N) is 1. The molecule has 0 spiro atoms. The van der Waals surface area contributed by atoms with Crippen LogP contribution in [0.25, 0.3) is 5.69 Å². The van der Waals surface area contributed by atoms with Crippen molar-refractivity contribution < 1.29 is 10.1 Å². The Morgan fingerprint density at radius 1 is 1.03 bits per heavy atom. The highest BCUT2D eigenvalue weighted by Gasteiger charge is 2.22. The molecule has 3 aromatic rings. The van der Waals surface area contributed by atoms with Crippen molar-refractivity contribution in [2.75, 3.05) is 6.54 Å². The topological polar surface area (TPSA) is 51.5 Å². The number of thiazole rings is 1. The van der Waals surface area contributed by atoms with Crippen LogP contribution in [0.15, 0.2) is 58.9 Å². The normalized spacial score (nSPS) is 13.1. The van der Waals surface area contributed by atoms with Crippen LogP contribution in [0.1, 0.15) is 43.2 Å². The zero-order valence-electron chi connectivity index (χ0n) is 17.9. The number of rotatable bonds is 5. The van der Waals surface area contributed by atoms with Crippen LogP contribution < -0.4 is 9.79 Å². The van der Waals surface area contributed by atoms with E-state index < -0.39 is 0 Å². The summed E-state index contributed by atoms with van der Waals surface area (Å²) in [4.78, 5) is 8.69. The highest BCUT2D eigenvalue weighted by atomic mass is 32.1. The van der Waals surface area contributed by atoms with E-state index in [4.69, 9.17) is 4.99 Å². The second-order valence-corrected chi connectivity index (χ2v) is 9.17. The highest BCUT2D eigenvalue weighted by Crippen LogP contribution is 2.28. The van der Waals surface area contributed by atoms with E-state index in [9.17, 15) is 5.11 Å². The van der Waals surface area contributed by atoms with Crippen molar-refractivity contribution in [2.24, 2.45) is 4.99 Å². The quantitative estimate of drug-likeness (QED) is 0.492. The summed E-state index contributed by atoms with van der Waals surface area (Å²) in [5, 5.41) is 12.5. The van der Waals surface area contributed by atoms with Gasteiger partial charge in [-0.3, -0.25) is 4.57 Å². The van der Waals surface area contributed by atoms with E-state index in [1.54, 1.807) is 11.3 Å². The predicted octanol–water partition coefficient (Wildman–Crippen LogP) is 3.59. The summed E-state index contributed by atoms with van der Waals surface area (Å²) in [6, 6.07) is 16.4. The van der Waals surface area contributed by atoms with Crippen LogP contribution in [0.3, 0.4) is 0 Å². The Morgan fingerprint density at radius 2 is 1.69 bits per heavy atom. The van der Waals surface area contributed by atoms with Gasteiger partial charge in [-0.25, -0.2) is 9.98 Å². The van der Waals surface area contributed by atoms with E-state index in [1.165, 1.54) is 22.5 Å². The van der Waals surface area contributed by atoms with Crippen molar-refractivity contribution in [1.29, 1.82) is 0 Å². The number of aryl methyl sites for hydroxylation is 2. The summed E-state index contributed by atoms with van der Waals surface area (Å²) in [5.41, 5.74) is 5.92. The van der Waals surface area contributed by atoms with Gasteiger partial charge >= 0.3 is 5.90 Å². The molecule has 0 amide bonds. The Morgan fingerprint density at radius 3 is 2.31 bits per heavy atom. The van der Waals surface area contributed by atoms with E-state index in [0.717, 1.165) is 10.4 Å². The van der Waals surface area contributed by atoms with Gasteiger partial charge in [0.2, 0.25) is 0 Å². The molecule has 2 N–H and O–H groups in total. The Kier molecular flexibility index (Phi) is 6.38. The third kappa shape index (κ3) is 5.04. The van der Waals surface area contributed by atoms with Crippen LogP contribution in [0, 0.1) is 13.8 Å². The first-order chi connectivity index (χ1) is 13.8. The van der Waals surface area contributed by atoms with Crippen molar-refractivity contribution in [3.8, 4) is 5.69 Å². The molecule has 1 heterocycles. The van der Waals surface area contributed by atoms with Gasteiger partial charge in [-0.15, -0.1) is 11.3 Å². The first kappa shape index (κ1) is 21.1. The molecule has 0 radical (unpaired) electrons. The SMILES string of the molecule is Cc1cccc(C)c1-n1c(C(C)(C)C)csc1=NCC(O)=[NH+]Cc1ccccc1. The van der Waals surface area contributed by atoms with Gasteiger partial charge in [0.05, 0.1) is 5.69 Å². The second kappa shape index (κ2) is 8.78. The highest BCUT2D eigenvalue weighted by molar-refractivity contribution is 7.07. The van der Waals surface area contributed by atoms with Crippen LogP contribution in [-0.4, -0.2) is 22.1 Å². The lowest BCUT2D eigenvalue weighted by Crippen LogP contribution is -2.72. The van der Waals surface area contributed by atoms with E-state index in [-0.39, 0.29) is 17.9 Å². The van der Waals surface area contributed by atoms with Gasteiger partial charge in [0.15, 0.2) is 17.9 Å².